The van der Waals surface area contributed by atoms with E-state index in [-0.39, 0.29) is 18.1 Å². The maximum absolute atomic E-state index is 12.0. The molecule has 124 valence electrons. The van der Waals surface area contributed by atoms with Crippen molar-refractivity contribution in [2.45, 2.75) is 33.1 Å². The lowest BCUT2D eigenvalue weighted by Crippen LogP contribution is -2.39. The SMILES string of the molecule is CCC(CC)(CCO)CNC(=O)Nc1ccc(N(C)C)nc1. The smallest absolute Gasteiger partial charge is 0.319 e. The Morgan fingerprint density at radius 2 is 2.00 bits per heavy atom. The van der Waals surface area contributed by atoms with E-state index >= 15 is 0 Å². The average Bonchev–Trinajstić information content (AvgIpc) is 2.52. The average molecular weight is 308 g/mol. The lowest BCUT2D eigenvalue weighted by atomic mass is 9.79. The maximum Gasteiger partial charge on any atom is 0.319 e. The van der Waals surface area contributed by atoms with Crippen LogP contribution >= 0.6 is 0 Å². The molecule has 3 N–H and O–H groups in total. The Hall–Kier alpha value is -1.82. The van der Waals surface area contributed by atoms with E-state index in [1.807, 2.05) is 31.1 Å². The van der Waals surface area contributed by atoms with Crippen LogP contribution in [-0.2, 0) is 0 Å². The standard InChI is InChI=1S/C16H28N4O2/c1-5-16(6-2,9-10-21)12-18-15(22)19-13-7-8-14(17-11-13)20(3)4/h7-8,11,21H,5-6,9-10,12H2,1-4H3,(H2,18,19,22). The Labute approximate surface area is 132 Å². The minimum Gasteiger partial charge on any atom is -0.396 e. The Morgan fingerprint density at radius 1 is 1.32 bits per heavy atom. The van der Waals surface area contributed by atoms with Crippen LogP contribution in [0.3, 0.4) is 0 Å². The van der Waals surface area contributed by atoms with Gasteiger partial charge in [-0.1, -0.05) is 13.8 Å². The molecular formula is C16H28N4O2. The van der Waals surface area contributed by atoms with Crippen LogP contribution in [-0.4, -0.2) is 43.4 Å². The number of hydrogen-bond donors (Lipinski definition) is 3. The van der Waals surface area contributed by atoms with Crippen LogP contribution < -0.4 is 15.5 Å². The van der Waals surface area contributed by atoms with Crippen molar-refractivity contribution in [3.63, 3.8) is 0 Å². The quantitative estimate of drug-likeness (QED) is 0.689. The second kappa shape index (κ2) is 8.58. The highest BCUT2D eigenvalue weighted by atomic mass is 16.3. The summed E-state index contributed by atoms with van der Waals surface area (Å²) in [5.74, 6) is 0.838. The Balaban J connectivity index is 2.55. The molecule has 6 nitrogen and oxygen atoms in total. The molecule has 0 fully saturated rings. The Kier molecular flexibility index (Phi) is 7.11. The fourth-order valence-corrected chi connectivity index (χ4v) is 2.35. The molecule has 1 heterocycles. The zero-order chi connectivity index (χ0) is 16.6. The summed E-state index contributed by atoms with van der Waals surface area (Å²) >= 11 is 0. The van der Waals surface area contributed by atoms with Crippen molar-refractivity contribution >= 4 is 17.5 Å². The number of urea groups is 1. The lowest BCUT2D eigenvalue weighted by Gasteiger charge is -2.31. The van der Waals surface area contributed by atoms with E-state index in [2.05, 4.69) is 29.5 Å². The van der Waals surface area contributed by atoms with Gasteiger partial charge in [-0.3, -0.25) is 0 Å². The summed E-state index contributed by atoms with van der Waals surface area (Å²) in [6, 6.07) is 3.43. The molecule has 1 aromatic heterocycles. The van der Waals surface area contributed by atoms with Crippen LogP contribution in [0, 0.1) is 5.41 Å². The number of aromatic nitrogens is 1. The number of carbonyl (C=O) groups is 1. The topological polar surface area (TPSA) is 77.5 Å². The first-order chi connectivity index (χ1) is 10.5. The largest absolute Gasteiger partial charge is 0.396 e. The number of rotatable bonds is 8. The molecule has 0 radical (unpaired) electrons. The highest BCUT2D eigenvalue weighted by Crippen LogP contribution is 2.29. The normalized spacial score (nSPS) is 11.1. The molecule has 2 amide bonds. The second-order valence-corrected chi connectivity index (χ2v) is 5.79. The third-order valence-corrected chi connectivity index (χ3v) is 4.23. The van der Waals surface area contributed by atoms with Crippen LogP contribution in [0.1, 0.15) is 33.1 Å². The van der Waals surface area contributed by atoms with Gasteiger partial charge in [0.05, 0.1) is 11.9 Å². The molecule has 0 unspecified atom stereocenters. The first kappa shape index (κ1) is 18.2. The zero-order valence-corrected chi connectivity index (χ0v) is 14.0. The van der Waals surface area contributed by atoms with Gasteiger partial charge in [-0.2, -0.15) is 0 Å². The van der Waals surface area contributed by atoms with Crippen LogP contribution in [0.15, 0.2) is 18.3 Å². The number of hydrogen-bond acceptors (Lipinski definition) is 4. The Morgan fingerprint density at radius 3 is 2.45 bits per heavy atom. The summed E-state index contributed by atoms with van der Waals surface area (Å²) in [6.07, 6.45) is 4.17. The number of anilines is 2. The van der Waals surface area contributed by atoms with E-state index in [1.165, 1.54) is 0 Å². The van der Waals surface area contributed by atoms with Crippen LogP contribution in [0.4, 0.5) is 16.3 Å². The van der Waals surface area contributed by atoms with Crippen molar-refractivity contribution in [3.05, 3.63) is 18.3 Å². The number of pyridine rings is 1. The van der Waals surface area contributed by atoms with Crippen LogP contribution in [0.25, 0.3) is 0 Å². The first-order valence-electron chi connectivity index (χ1n) is 7.75. The van der Waals surface area contributed by atoms with E-state index in [1.54, 1.807) is 6.20 Å². The number of carbonyl (C=O) groups excluding carboxylic acids is 1. The van der Waals surface area contributed by atoms with Gasteiger partial charge in [-0.15, -0.1) is 0 Å². The van der Waals surface area contributed by atoms with Gasteiger partial charge in [0.2, 0.25) is 0 Å². The van der Waals surface area contributed by atoms with Gasteiger partial charge in [-0.05, 0) is 36.8 Å². The molecule has 0 saturated heterocycles. The summed E-state index contributed by atoms with van der Waals surface area (Å²) in [4.78, 5) is 18.1. The van der Waals surface area contributed by atoms with Crippen molar-refractivity contribution in [1.82, 2.24) is 10.3 Å². The number of nitrogens with one attached hydrogen (secondary N) is 2. The van der Waals surface area contributed by atoms with E-state index in [0.29, 0.717) is 18.7 Å². The van der Waals surface area contributed by atoms with Crippen molar-refractivity contribution in [2.75, 3.05) is 37.5 Å². The van der Waals surface area contributed by atoms with Crippen LogP contribution in [0.2, 0.25) is 0 Å². The number of nitrogens with zero attached hydrogens (tertiary/aromatic N) is 2. The summed E-state index contributed by atoms with van der Waals surface area (Å²) in [6.45, 7) is 4.86. The van der Waals surface area contributed by atoms with E-state index < -0.39 is 0 Å². The predicted molar refractivity (Wildman–Crippen MR) is 90.3 cm³/mol. The highest BCUT2D eigenvalue weighted by molar-refractivity contribution is 5.89. The molecule has 1 rings (SSSR count). The molecule has 0 aliphatic rings. The van der Waals surface area contributed by atoms with Crippen molar-refractivity contribution < 1.29 is 9.90 Å². The zero-order valence-electron chi connectivity index (χ0n) is 14.0. The molecule has 0 atom stereocenters. The summed E-state index contributed by atoms with van der Waals surface area (Å²) < 4.78 is 0. The molecular weight excluding hydrogens is 280 g/mol. The van der Waals surface area contributed by atoms with Gasteiger partial charge >= 0.3 is 6.03 Å². The number of aliphatic hydroxyl groups is 1. The molecule has 1 aromatic rings. The fraction of sp³-hybridized carbons (Fsp3) is 0.625. The van der Waals surface area contributed by atoms with Gasteiger partial charge < -0.3 is 20.6 Å². The van der Waals surface area contributed by atoms with Crippen molar-refractivity contribution in [2.24, 2.45) is 5.41 Å². The minimum atomic E-state index is -0.247. The second-order valence-electron chi connectivity index (χ2n) is 5.79. The Bertz CT molecular complexity index is 456. The minimum absolute atomic E-state index is 0.0425. The van der Waals surface area contributed by atoms with E-state index in [0.717, 1.165) is 18.7 Å². The summed E-state index contributed by atoms with van der Waals surface area (Å²) in [5, 5.41) is 14.9. The maximum atomic E-state index is 12.0. The predicted octanol–water partition coefficient (Wildman–Crippen LogP) is 2.46. The molecule has 0 aromatic carbocycles. The van der Waals surface area contributed by atoms with Crippen molar-refractivity contribution in [1.29, 1.82) is 0 Å². The lowest BCUT2D eigenvalue weighted by molar-refractivity contribution is 0.165. The molecule has 6 heteroatoms. The fourth-order valence-electron chi connectivity index (χ4n) is 2.35. The highest BCUT2D eigenvalue weighted by Gasteiger charge is 2.26. The van der Waals surface area contributed by atoms with Crippen molar-refractivity contribution in [3.8, 4) is 0 Å². The van der Waals surface area contributed by atoms with Gasteiger partial charge in [0.25, 0.3) is 0 Å². The molecule has 0 bridgehead atoms. The van der Waals surface area contributed by atoms with Gasteiger partial charge in [0.1, 0.15) is 5.82 Å². The monoisotopic (exact) mass is 308 g/mol. The number of amides is 2. The van der Waals surface area contributed by atoms with E-state index in [9.17, 15) is 9.90 Å². The molecule has 0 saturated carbocycles. The van der Waals surface area contributed by atoms with Gasteiger partial charge in [0, 0.05) is 27.2 Å². The molecule has 0 aliphatic heterocycles. The van der Waals surface area contributed by atoms with Gasteiger partial charge in [-0.25, -0.2) is 9.78 Å². The molecule has 22 heavy (non-hydrogen) atoms. The third kappa shape index (κ3) is 5.18. The summed E-state index contributed by atoms with van der Waals surface area (Å²) in [5.41, 5.74) is 0.614. The first-order valence-corrected chi connectivity index (χ1v) is 7.75. The summed E-state index contributed by atoms with van der Waals surface area (Å²) in [7, 11) is 3.83. The van der Waals surface area contributed by atoms with E-state index in [4.69, 9.17) is 0 Å². The third-order valence-electron chi connectivity index (χ3n) is 4.23. The molecule has 0 aliphatic carbocycles. The van der Waals surface area contributed by atoms with Crippen LogP contribution in [0.5, 0.6) is 0 Å². The molecule has 0 spiro atoms. The van der Waals surface area contributed by atoms with Gasteiger partial charge in [0.15, 0.2) is 0 Å². The number of aliphatic hydroxyl groups excluding tert-OH is 1.